The Morgan fingerprint density at radius 3 is 2.21 bits per heavy atom. The molecule has 0 aliphatic carbocycles. The molecule has 0 bridgehead atoms. The molecule has 5 nitrogen and oxygen atoms in total. The number of hydrogen-bond acceptors (Lipinski definition) is 3. The van der Waals surface area contributed by atoms with Crippen molar-refractivity contribution in [3.05, 3.63) is 59.7 Å². The number of nitrogens with zero attached hydrogens (tertiary/aromatic N) is 1. The summed E-state index contributed by atoms with van der Waals surface area (Å²) in [5.74, 6) is -1.22. The van der Waals surface area contributed by atoms with Crippen molar-refractivity contribution in [1.29, 1.82) is 0 Å². The van der Waals surface area contributed by atoms with E-state index >= 15 is 0 Å². The number of benzene rings is 2. The zero-order valence-corrected chi connectivity index (χ0v) is 14.1. The van der Waals surface area contributed by atoms with E-state index < -0.39 is 11.8 Å². The van der Waals surface area contributed by atoms with Crippen molar-refractivity contribution in [2.75, 3.05) is 11.9 Å². The number of anilines is 1. The molecule has 5 heteroatoms. The van der Waals surface area contributed by atoms with Gasteiger partial charge < -0.3 is 15.3 Å². The number of amides is 2. The summed E-state index contributed by atoms with van der Waals surface area (Å²) in [6.07, 6.45) is 0.955. The predicted molar refractivity (Wildman–Crippen MR) is 93.9 cm³/mol. The van der Waals surface area contributed by atoms with E-state index in [0.717, 1.165) is 12.0 Å². The smallest absolute Gasteiger partial charge is 0.316 e. The first kappa shape index (κ1) is 17.5. The molecule has 2 N–H and O–H groups in total. The maximum atomic E-state index is 12.2. The lowest BCUT2D eigenvalue weighted by Gasteiger charge is -2.19. The number of hydrogen-bond donors (Lipinski definition) is 2. The summed E-state index contributed by atoms with van der Waals surface area (Å²) in [5, 5.41) is 12.0. The lowest BCUT2D eigenvalue weighted by atomic mass is 10.0. The first-order chi connectivity index (χ1) is 11.4. The molecule has 2 rings (SSSR count). The molecule has 0 aliphatic heterocycles. The van der Waals surface area contributed by atoms with Gasteiger partial charge in [0.25, 0.3) is 0 Å². The Bertz CT molecular complexity index is 708. The van der Waals surface area contributed by atoms with Crippen molar-refractivity contribution in [2.24, 2.45) is 0 Å². The van der Waals surface area contributed by atoms with Gasteiger partial charge in [-0.25, -0.2) is 0 Å². The molecule has 1 unspecified atom stereocenters. The number of phenols is 1. The number of nitrogens with one attached hydrogen (secondary N) is 1. The zero-order valence-electron chi connectivity index (χ0n) is 14.1. The molecule has 0 saturated carbocycles. The Hall–Kier alpha value is -2.82. The van der Waals surface area contributed by atoms with E-state index in [0.29, 0.717) is 5.69 Å². The van der Waals surface area contributed by atoms with Gasteiger partial charge >= 0.3 is 11.8 Å². The number of carbonyl (C=O) groups is 2. The van der Waals surface area contributed by atoms with Gasteiger partial charge in [0.2, 0.25) is 0 Å². The van der Waals surface area contributed by atoms with Crippen LogP contribution in [0.3, 0.4) is 0 Å². The van der Waals surface area contributed by atoms with Crippen LogP contribution in [0.1, 0.15) is 31.0 Å². The van der Waals surface area contributed by atoms with Crippen molar-refractivity contribution in [3.8, 4) is 5.75 Å². The lowest BCUT2D eigenvalue weighted by molar-refractivity contribution is -0.137. The fraction of sp³-hybridized carbons (Fsp3) is 0.263. The van der Waals surface area contributed by atoms with Crippen LogP contribution in [0.4, 0.5) is 5.69 Å². The first-order valence-corrected chi connectivity index (χ1v) is 7.88. The van der Waals surface area contributed by atoms with Crippen LogP contribution in [-0.4, -0.2) is 24.0 Å². The van der Waals surface area contributed by atoms with Gasteiger partial charge in [-0.15, -0.1) is 0 Å². The van der Waals surface area contributed by atoms with E-state index in [4.69, 9.17) is 0 Å². The Balaban J connectivity index is 2.01. The molecule has 2 amide bonds. The van der Waals surface area contributed by atoms with Crippen LogP contribution in [-0.2, 0) is 16.0 Å². The van der Waals surface area contributed by atoms with E-state index in [9.17, 15) is 14.7 Å². The Morgan fingerprint density at radius 2 is 1.67 bits per heavy atom. The standard InChI is InChI=1S/C19H22N2O3/c1-4-14-5-7-15(8-6-14)13(2)20-18(23)19(24)21(3)16-9-11-17(22)12-10-16/h5-13,22H,4H2,1-3H3,(H,20,23). The molecule has 1 atom stereocenters. The molecule has 2 aromatic carbocycles. The van der Waals surface area contributed by atoms with Crippen molar-refractivity contribution in [2.45, 2.75) is 26.3 Å². The van der Waals surface area contributed by atoms with Gasteiger partial charge in [-0.3, -0.25) is 9.59 Å². The Kier molecular flexibility index (Phi) is 5.58. The van der Waals surface area contributed by atoms with Crippen LogP contribution < -0.4 is 10.2 Å². The van der Waals surface area contributed by atoms with Crippen LogP contribution in [0.15, 0.2) is 48.5 Å². The number of phenolic OH excluding ortho intramolecular Hbond substituents is 1. The molecule has 0 spiro atoms. The quantitative estimate of drug-likeness (QED) is 0.849. The van der Waals surface area contributed by atoms with Crippen LogP contribution in [0.25, 0.3) is 0 Å². The number of carbonyl (C=O) groups excluding carboxylic acids is 2. The Labute approximate surface area is 141 Å². The van der Waals surface area contributed by atoms with Crippen LogP contribution in [0, 0.1) is 0 Å². The maximum absolute atomic E-state index is 12.2. The maximum Gasteiger partial charge on any atom is 0.316 e. The highest BCUT2D eigenvalue weighted by atomic mass is 16.3. The second kappa shape index (κ2) is 7.64. The van der Waals surface area contributed by atoms with E-state index in [1.807, 2.05) is 31.2 Å². The van der Waals surface area contributed by atoms with Gasteiger partial charge in [0.1, 0.15) is 5.75 Å². The predicted octanol–water partition coefficient (Wildman–Crippen LogP) is 2.79. The summed E-state index contributed by atoms with van der Waals surface area (Å²) in [6, 6.07) is 13.8. The van der Waals surface area contributed by atoms with Gasteiger partial charge in [-0.1, -0.05) is 31.2 Å². The lowest BCUT2D eigenvalue weighted by Crippen LogP contribution is -2.42. The van der Waals surface area contributed by atoms with Crippen molar-refractivity contribution < 1.29 is 14.7 Å². The topological polar surface area (TPSA) is 69.6 Å². The molecule has 0 aromatic heterocycles. The highest BCUT2D eigenvalue weighted by Crippen LogP contribution is 2.18. The summed E-state index contributed by atoms with van der Waals surface area (Å²) in [5.41, 5.74) is 2.70. The minimum Gasteiger partial charge on any atom is -0.508 e. The molecule has 0 radical (unpaired) electrons. The molecule has 0 aliphatic rings. The third-order valence-electron chi connectivity index (χ3n) is 3.97. The molecule has 0 saturated heterocycles. The summed E-state index contributed by atoms with van der Waals surface area (Å²) < 4.78 is 0. The third-order valence-corrected chi connectivity index (χ3v) is 3.97. The minimum absolute atomic E-state index is 0.105. The molecule has 0 fully saturated rings. The molecular weight excluding hydrogens is 304 g/mol. The second-order valence-electron chi connectivity index (χ2n) is 5.67. The largest absolute Gasteiger partial charge is 0.508 e. The van der Waals surface area contributed by atoms with Crippen molar-refractivity contribution >= 4 is 17.5 Å². The SMILES string of the molecule is CCc1ccc(C(C)NC(=O)C(=O)N(C)c2ccc(O)cc2)cc1. The first-order valence-electron chi connectivity index (χ1n) is 7.88. The summed E-state index contributed by atoms with van der Waals surface area (Å²) in [6.45, 7) is 3.92. The van der Waals surface area contributed by atoms with Gasteiger partial charge in [0, 0.05) is 12.7 Å². The molecular formula is C19H22N2O3. The van der Waals surface area contributed by atoms with Gasteiger partial charge in [0.15, 0.2) is 0 Å². The van der Waals surface area contributed by atoms with E-state index in [1.165, 1.54) is 29.6 Å². The third kappa shape index (κ3) is 4.13. The monoisotopic (exact) mass is 326 g/mol. The molecule has 0 heterocycles. The fourth-order valence-corrected chi connectivity index (χ4v) is 2.33. The van der Waals surface area contributed by atoms with Gasteiger partial charge in [-0.2, -0.15) is 0 Å². The Morgan fingerprint density at radius 1 is 1.08 bits per heavy atom. The fourth-order valence-electron chi connectivity index (χ4n) is 2.33. The number of rotatable bonds is 4. The van der Waals surface area contributed by atoms with Crippen molar-refractivity contribution in [1.82, 2.24) is 5.32 Å². The number of aryl methyl sites for hydroxylation is 1. The van der Waals surface area contributed by atoms with E-state index in [2.05, 4.69) is 12.2 Å². The minimum atomic E-state index is -0.669. The number of aromatic hydroxyl groups is 1. The molecule has 126 valence electrons. The van der Waals surface area contributed by atoms with Crippen LogP contribution >= 0.6 is 0 Å². The zero-order chi connectivity index (χ0) is 17.7. The summed E-state index contributed by atoms with van der Waals surface area (Å²) >= 11 is 0. The van der Waals surface area contributed by atoms with Crippen molar-refractivity contribution in [3.63, 3.8) is 0 Å². The van der Waals surface area contributed by atoms with Gasteiger partial charge in [0.05, 0.1) is 6.04 Å². The summed E-state index contributed by atoms with van der Waals surface area (Å²) in [7, 11) is 1.52. The normalized spacial score (nSPS) is 11.6. The molecule has 2 aromatic rings. The van der Waals surface area contributed by atoms with E-state index in [-0.39, 0.29) is 11.8 Å². The van der Waals surface area contributed by atoms with Gasteiger partial charge in [-0.05, 0) is 48.7 Å². The average Bonchev–Trinajstić information content (AvgIpc) is 2.61. The summed E-state index contributed by atoms with van der Waals surface area (Å²) in [4.78, 5) is 25.7. The number of likely N-dealkylation sites (N-methyl/N-ethyl adjacent to an activating group) is 1. The molecule has 24 heavy (non-hydrogen) atoms. The highest BCUT2D eigenvalue weighted by Gasteiger charge is 2.22. The second-order valence-corrected chi connectivity index (χ2v) is 5.67. The van der Waals surface area contributed by atoms with E-state index in [1.54, 1.807) is 12.1 Å². The highest BCUT2D eigenvalue weighted by molar-refractivity contribution is 6.40. The van der Waals surface area contributed by atoms with Crippen LogP contribution in [0.5, 0.6) is 5.75 Å². The average molecular weight is 326 g/mol. The van der Waals surface area contributed by atoms with Crippen LogP contribution in [0.2, 0.25) is 0 Å².